The van der Waals surface area contributed by atoms with E-state index in [1.165, 1.54) is 4.90 Å². The van der Waals surface area contributed by atoms with E-state index in [2.05, 4.69) is 15.3 Å². The number of likely N-dealkylation sites (N-methyl/N-ethyl adjacent to an activating group) is 2. The minimum absolute atomic E-state index is 0.0330. The van der Waals surface area contributed by atoms with Crippen LogP contribution in [0.1, 0.15) is 18.3 Å². The first-order chi connectivity index (χ1) is 14.9. The van der Waals surface area contributed by atoms with Crippen molar-refractivity contribution >= 4 is 28.4 Å². The van der Waals surface area contributed by atoms with Crippen molar-refractivity contribution in [3.05, 3.63) is 70.3 Å². The van der Waals surface area contributed by atoms with Crippen LogP contribution < -0.4 is 15.8 Å². The maximum absolute atomic E-state index is 12.6. The molecule has 0 aliphatic rings. The van der Waals surface area contributed by atoms with Gasteiger partial charge in [-0.15, -0.1) is 0 Å². The lowest BCUT2D eigenvalue weighted by Crippen LogP contribution is -3.11. The second-order valence-corrected chi connectivity index (χ2v) is 7.65. The van der Waals surface area contributed by atoms with Gasteiger partial charge < -0.3 is 20.1 Å². The number of carbonyl (C=O) groups excluding carboxylic acids is 2. The van der Waals surface area contributed by atoms with Crippen LogP contribution in [0, 0.1) is 6.92 Å². The molecule has 0 saturated heterocycles. The van der Waals surface area contributed by atoms with Crippen LogP contribution in [0.5, 0.6) is 0 Å². The second-order valence-electron chi connectivity index (χ2n) is 7.65. The van der Waals surface area contributed by atoms with Gasteiger partial charge in [0.05, 0.1) is 24.0 Å². The van der Waals surface area contributed by atoms with Crippen molar-refractivity contribution in [3.8, 4) is 0 Å². The predicted molar refractivity (Wildman–Crippen MR) is 120 cm³/mol. The van der Waals surface area contributed by atoms with Crippen molar-refractivity contribution in [1.29, 1.82) is 0 Å². The van der Waals surface area contributed by atoms with Gasteiger partial charge in [-0.25, -0.2) is 4.98 Å². The summed E-state index contributed by atoms with van der Waals surface area (Å²) in [6.07, 6.45) is 0. The molecule has 0 aliphatic heterocycles. The molecular weight excluding hydrogens is 394 g/mol. The Hall–Kier alpha value is -3.52. The highest BCUT2D eigenvalue weighted by molar-refractivity contribution is 5.94. The topological polar surface area (TPSA) is 99.6 Å². The van der Waals surface area contributed by atoms with Gasteiger partial charge in [0.25, 0.3) is 11.5 Å². The van der Waals surface area contributed by atoms with Crippen molar-refractivity contribution in [2.24, 2.45) is 0 Å². The Labute approximate surface area is 180 Å². The molecule has 0 aliphatic carbocycles. The summed E-state index contributed by atoms with van der Waals surface area (Å²) < 4.78 is 0. The van der Waals surface area contributed by atoms with E-state index in [1.807, 2.05) is 44.2 Å². The zero-order valence-corrected chi connectivity index (χ0v) is 18.1. The van der Waals surface area contributed by atoms with E-state index >= 15 is 0 Å². The number of nitrogens with zero attached hydrogens (tertiary/aromatic N) is 2. The summed E-state index contributed by atoms with van der Waals surface area (Å²) in [5.41, 5.74) is 2.25. The van der Waals surface area contributed by atoms with Crippen LogP contribution >= 0.6 is 0 Å². The van der Waals surface area contributed by atoms with E-state index in [4.69, 9.17) is 0 Å². The van der Waals surface area contributed by atoms with E-state index in [-0.39, 0.29) is 30.5 Å². The summed E-state index contributed by atoms with van der Waals surface area (Å²) >= 11 is 0. The van der Waals surface area contributed by atoms with Crippen LogP contribution in [0.3, 0.4) is 0 Å². The number of aromatic nitrogens is 2. The highest BCUT2D eigenvalue weighted by Crippen LogP contribution is 2.08. The van der Waals surface area contributed by atoms with Gasteiger partial charge in [-0.05, 0) is 38.1 Å². The minimum atomic E-state index is -0.252. The lowest BCUT2D eigenvalue weighted by Gasteiger charge is -2.21. The normalized spacial score (nSPS) is 11.8. The third-order valence-electron chi connectivity index (χ3n) is 5.12. The lowest BCUT2D eigenvalue weighted by molar-refractivity contribution is -0.905. The minimum Gasteiger partial charge on any atom is -0.332 e. The van der Waals surface area contributed by atoms with Crippen molar-refractivity contribution in [3.63, 3.8) is 0 Å². The molecule has 8 heteroatoms. The van der Waals surface area contributed by atoms with Gasteiger partial charge in [0.15, 0.2) is 12.4 Å². The molecule has 0 radical (unpaired) electrons. The Balaban J connectivity index is 1.58. The molecule has 1 aromatic heterocycles. The SMILES string of the molecule is CC[NH+](CC(=O)N(C)CC(=O)Nc1ccc(C)cc1)Cc1nc2ccccc2c(=O)[nH]1. The number of rotatable bonds is 8. The van der Waals surface area contributed by atoms with E-state index in [1.54, 1.807) is 25.2 Å². The first-order valence-electron chi connectivity index (χ1n) is 10.3. The fraction of sp³-hybridized carbons (Fsp3) is 0.304. The Morgan fingerprint density at radius 1 is 1.13 bits per heavy atom. The molecule has 31 heavy (non-hydrogen) atoms. The van der Waals surface area contributed by atoms with Crippen LogP contribution in [0.4, 0.5) is 5.69 Å². The number of hydrogen-bond acceptors (Lipinski definition) is 4. The number of hydrogen-bond donors (Lipinski definition) is 3. The van der Waals surface area contributed by atoms with Crippen LogP contribution in [0.25, 0.3) is 10.9 Å². The Morgan fingerprint density at radius 3 is 2.55 bits per heavy atom. The summed E-state index contributed by atoms with van der Waals surface area (Å²) in [5.74, 6) is 0.130. The van der Waals surface area contributed by atoms with Crippen LogP contribution in [0.15, 0.2) is 53.3 Å². The number of benzene rings is 2. The smallest absolute Gasteiger partial charge is 0.277 e. The van der Waals surface area contributed by atoms with Crippen molar-refractivity contribution < 1.29 is 14.5 Å². The maximum atomic E-state index is 12.6. The first-order valence-corrected chi connectivity index (χ1v) is 10.3. The molecule has 3 aromatic rings. The molecule has 2 aromatic carbocycles. The number of aromatic amines is 1. The number of anilines is 1. The van der Waals surface area contributed by atoms with Crippen LogP contribution in [-0.4, -0.2) is 53.4 Å². The highest BCUT2D eigenvalue weighted by Gasteiger charge is 2.20. The molecule has 162 valence electrons. The number of carbonyl (C=O) groups is 2. The summed E-state index contributed by atoms with van der Waals surface area (Å²) in [6.45, 7) is 5.18. The Morgan fingerprint density at radius 2 is 1.84 bits per heavy atom. The highest BCUT2D eigenvalue weighted by atomic mass is 16.2. The van der Waals surface area contributed by atoms with Crippen molar-refractivity contribution in [2.75, 3.05) is 32.0 Å². The van der Waals surface area contributed by atoms with Gasteiger partial charge >= 0.3 is 0 Å². The summed E-state index contributed by atoms with van der Waals surface area (Å²) in [5, 5.41) is 3.34. The quantitative estimate of drug-likeness (QED) is 0.498. The molecule has 3 N–H and O–H groups in total. The lowest BCUT2D eigenvalue weighted by atomic mass is 10.2. The zero-order valence-electron chi connectivity index (χ0n) is 18.1. The number of nitrogens with one attached hydrogen (secondary N) is 3. The van der Waals surface area contributed by atoms with E-state index in [0.717, 1.165) is 10.5 Å². The fourth-order valence-electron chi connectivity index (χ4n) is 3.26. The molecule has 3 rings (SSSR count). The molecule has 0 saturated carbocycles. The molecule has 2 amide bonds. The van der Waals surface area contributed by atoms with Gasteiger partial charge in [0.2, 0.25) is 5.91 Å². The summed E-state index contributed by atoms with van der Waals surface area (Å²) in [7, 11) is 1.61. The Bertz CT molecular complexity index is 1120. The molecule has 8 nitrogen and oxygen atoms in total. The third-order valence-corrected chi connectivity index (χ3v) is 5.12. The van der Waals surface area contributed by atoms with E-state index in [9.17, 15) is 14.4 Å². The van der Waals surface area contributed by atoms with Gasteiger partial charge in [0, 0.05) is 12.7 Å². The third kappa shape index (κ3) is 5.99. The molecule has 1 unspecified atom stereocenters. The van der Waals surface area contributed by atoms with E-state index < -0.39 is 0 Å². The molecule has 1 heterocycles. The zero-order chi connectivity index (χ0) is 22.4. The fourth-order valence-corrected chi connectivity index (χ4v) is 3.26. The average Bonchev–Trinajstić information content (AvgIpc) is 2.74. The number of para-hydroxylation sites is 1. The van der Waals surface area contributed by atoms with Crippen molar-refractivity contribution in [1.82, 2.24) is 14.9 Å². The predicted octanol–water partition coefficient (Wildman–Crippen LogP) is 0.733. The van der Waals surface area contributed by atoms with Gasteiger partial charge in [0.1, 0.15) is 6.54 Å². The van der Waals surface area contributed by atoms with Gasteiger partial charge in [-0.3, -0.25) is 14.4 Å². The van der Waals surface area contributed by atoms with Crippen molar-refractivity contribution in [2.45, 2.75) is 20.4 Å². The molecule has 1 atom stereocenters. The number of fused-ring (bicyclic) bond motifs is 1. The monoisotopic (exact) mass is 422 g/mol. The Kier molecular flexibility index (Phi) is 7.15. The van der Waals surface area contributed by atoms with Gasteiger partial charge in [-0.1, -0.05) is 29.8 Å². The average molecular weight is 423 g/mol. The molecule has 0 fully saturated rings. The van der Waals surface area contributed by atoms with Crippen LogP contribution in [-0.2, 0) is 16.1 Å². The summed E-state index contributed by atoms with van der Waals surface area (Å²) in [6, 6.07) is 14.6. The summed E-state index contributed by atoms with van der Waals surface area (Å²) in [4.78, 5) is 46.8. The molecule has 0 bridgehead atoms. The molecule has 0 spiro atoms. The number of aryl methyl sites for hydroxylation is 1. The van der Waals surface area contributed by atoms with Gasteiger partial charge in [-0.2, -0.15) is 0 Å². The largest absolute Gasteiger partial charge is 0.332 e. The number of amides is 2. The maximum Gasteiger partial charge on any atom is 0.277 e. The second kappa shape index (κ2) is 9.99. The van der Waals surface area contributed by atoms with E-state index in [0.29, 0.717) is 35.5 Å². The number of quaternary nitrogens is 1. The van der Waals surface area contributed by atoms with Crippen LogP contribution in [0.2, 0.25) is 0 Å². The number of H-pyrrole nitrogens is 1. The first kappa shape index (κ1) is 22.2. The molecular formula is C23H28N5O3+. The standard InChI is InChI=1S/C23H27N5O3/c1-4-28(13-20-25-19-8-6-5-7-18(19)23(31)26-20)15-22(30)27(3)14-21(29)24-17-11-9-16(2)10-12-17/h5-12H,4,13-15H2,1-3H3,(H,24,29)(H,25,26,31)/p+1.